The molecule has 0 fully saturated rings. The van der Waals surface area contributed by atoms with Gasteiger partial charge in [0.15, 0.2) is 0 Å². The molecule has 2 N–H and O–H groups in total. The molecule has 1 aromatic carbocycles. The second kappa shape index (κ2) is 10.1. The molecule has 30 heavy (non-hydrogen) atoms. The van der Waals surface area contributed by atoms with Gasteiger partial charge in [0.2, 0.25) is 5.88 Å². The second-order valence-electron chi connectivity index (χ2n) is 6.08. The molecule has 0 radical (unpaired) electrons. The van der Waals surface area contributed by atoms with Crippen LogP contribution < -0.4 is 5.73 Å². The molecule has 0 bridgehead atoms. The topological polar surface area (TPSA) is 138 Å². The van der Waals surface area contributed by atoms with Crippen LogP contribution in [0.3, 0.4) is 0 Å². The Morgan fingerprint density at radius 3 is 2.27 bits per heavy atom. The zero-order valence-corrected chi connectivity index (χ0v) is 16.9. The van der Waals surface area contributed by atoms with Crippen LogP contribution in [0.4, 0.5) is 0 Å². The number of carbonyl (C=O) groups is 3. The second-order valence-corrected chi connectivity index (χ2v) is 6.08. The van der Waals surface area contributed by atoms with Gasteiger partial charge in [-0.05, 0) is 31.5 Å². The van der Waals surface area contributed by atoms with Crippen molar-refractivity contribution in [2.45, 2.75) is 26.2 Å². The third-order valence-electron chi connectivity index (χ3n) is 4.27. The van der Waals surface area contributed by atoms with Gasteiger partial charge in [-0.25, -0.2) is 9.59 Å². The van der Waals surface area contributed by atoms with Gasteiger partial charge in [0.05, 0.1) is 37.4 Å². The summed E-state index contributed by atoms with van der Waals surface area (Å²) in [5, 5.41) is 9.65. The molecule has 1 aliphatic rings. The highest BCUT2D eigenvalue weighted by atomic mass is 16.5. The summed E-state index contributed by atoms with van der Waals surface area (Å²) in [5.74, 6) is -3.13. The molecule has 1 atom stereocenters. The Morgan fingerprint density at radius 1 is 1.10 bits per heavy atom. The number of nitrogens with zero attached hydrogens (tertiary/aromatic N) is 1. The lowest BCUT2D eigenvalue weighted by Crippen LogP contribution is -2.27. The maximum Gasteiger partial charge on any atom is 0.338 e. The summed E-state index contributed by atoms with van der Waals surface area (Å²) in [6, 6.07) is 8.08. The zero-order valence-electron chi connectivity index (χ0n) is 16.9. The third-order valence-corrected chi connectivity index (χ3v) is 4.27. The van der Waals surface area contributed by atoms with Gasteiger partial charge in [0.25, 0.3) is 0 Å². The normalized spacial score (nSPS) is 15.7. The van der Waals surface area contributed by atoms with Gasteiger partial charge in [-0.15, -0.1) is 0 Å². The highest BCUT2D eigenvalue weighted by Gasteiger charge is 2.38. The van der Waals surface area contributed by atoms with E-state index in [9.17, 15) is 19.6 Å². The van der Waals surface area contributed by atoms with Gasteiger partial charge in [0.1, 0.15) is 23.8 Å². The standard InChI is InChI=1S/C21H22N2O7/c1-4-28-16(24)10-15-18(21(26)29-5-2)17(14(11-22)19(23)30-15)12-6-8-13(9-7-12)20(25)27-3/h6-9,17H,4-5,10,23H2,1-3H3/t17-/m0/s1. The molecule has 0 spiro atoms. The van der Waals surface area contributed by atoms with E-state index in [0.717, 1.165) is 0 Å². The molecule has 9 heteroatoms. The highest BCUT2D eigenvalue weighted by molar-refractivity contribution is 5.94. The molecule has 0 amide bonds. The number of hydrogen-bond donors (Lipinski definition) is 1. The average molecular weight is 414 g/mol. The average Bonchev–Trinajstić information content (AvgIpc) is 2.73. The third kappa shape index (κ3) is 4.78. The summed E-state index contributed by atoms with van der Waals surface area (Å²) in [4.78, 5) is 36.5. The molecule has 158 valence electrons. The summed E-state index contributed by atoms with van der Waals surface area (Å²) in [5.41, 5.74) is 6.64. The summed E-state index contributed by atoms with van der Waals surface area (Å²) < 4.78 is 20.2. The lowest BCUT2D eigenvalue weighted by atomic mass is 9.82. The van der Waals surface area contributed by atoms with E-state index in [1.807, 2.05) is 6.07 Å². The van der Waals surface area contributed by atoms with Crippen LogP contribution in [0.5, 0.6) is 0 Å². The molecule has 0 aromatic heterocycles. The van der Waals surface area contributed by atoms with Crippen LogP contribution >= 0.6 is 0 Å². The van der Waals surface area contributed by atoms with E-state index in [0.29, 0.717) is 5.56 Å². The van der Waals surface area contributed by atoms with Crippen molar-refractivity contribution in [3.8, 4) is 6.07 Å². The van der Waals surface area contributed by atoms with Crippen LogP contribution in [0.25, 0.3) is 0 Å². The first-order chi connectivity index (χ1) is 14.4. The number of rotatable bonds is 7. The molecule has 9 nitrogen and oxygen atoms in total. The Labute approximate surface area is 173 Å². The number of benzene rings is 1. The smallest absolute Gasteiger partial charge is 0.338 e. The van der Waals surface area contributed by atoms with Crippen molar-refractivity contribution < 1.29 is 33.3 Å². The van der Waals surface area contributed by atoms with E-state index in [4.69, 9.17) is 19.9 Å². The van der Waals surface area contributed by atoms with Crippen molar-refractivity contribution in [2.75, 3.05) is 20.3 Å². The minimum absolute atomic E-state index is 0.0171. The highest BCUT2D eigenvalue weighted by Crippen LogP contribution is 2.40. The van der Waals surface area contributed by atoms with Crippen molar-refractivity contribution in [3.05, 3.63) is 58.2 Å². The summed E-state index contributed by atoms with van der Waals surface area (Å²) in [6.45, 7) is 3.49. The predicted octanol–water partition coefficient (Wildman–Crippen LogP) is 2.05. The minimum atomic E-state index is -0.945. The van der Waals surface area contributed by atoms with Gasteiger partial charge in [-0.1, -0.05) is 12.1 Å². The Balaban J connectivity index is 2.61. The molecule has 0 saturated heterocycles. The molecule has 0 aliphatic carbocycles. The van der Waals surface area contributed by atoms with Crippen molar-refractivity contribution in [1.29, 1.82) is 5.26 Å². The Bertz CT molecular complexity index is 939. The molecule has 1 aromatic rings. The molecular weight excluding hydrogens is 392 g/mol. The first kappa shape index (κ1) is 22.5. The van der Waals surface area contributed by atoms with Crippen LogP contribution in [0.2, 0.25) is 0 Å². The van der Waals surface area contributed by atoms with Crippen LogP contribution in [0.15, 0.2) is 47.1 Å². The summed E-state index contributed by atoms with van der Waals surface area (Å²) in [7, 11) is 1.26. The van der Waals surface area contributed by atoms with E-state index < -0.39 is 23.8 Å². The summed E-state index contributed by atoms with van der Waals surface area (Å²) >= 11 is 0. The maximum atomic E-state index is 12.8. The zero-order chi connectivity index (χ0) is 22.3. The number of esters is 3. The van der Waals surface area contributed by atoms with Crippen LogP contribution in [0, 0.1) is 11.3 Å². The molecule has 2 rings (SSSR count). The van der Waals surface area contributed by atoms with Crippen molar-refractivity contribution in [3.63, 3.8) is 0 Å². The van der Waals surface area contributed by atoms with Gasteiger partial charge in [-0.2, -0.15) is 5.26 Å². The SMILES string of the molecule is CCOC(=O)CC1=C(C(=O)OCC)[C@@H](c2ccc(C(=O)OC)cc2)C(C#N)=C(N)O1. The molecular formula is C21H22N2O7. The number of ether oxygens (including phenoxy) is 4. The van der Waals surface area contributed by atoms with Gasteiger partial charge in [0, 0.05) is 0 Å². The van der Waals surface area contributed by atoms with E-state index in [-0.39, 0.29) is 48.0 Å². The minimum Gasteiger partial charge on any atom is -0.466 e. The Kier molecular flexibility index (Phi) is 7.58. The van der Waals surface area contributed by atoms with Gasteiger partial charge in [-0.3, -0.25) is 4.79 Å². The fourth-order valence-corrected chi connectivity index (χ4v) is 2.99. The first-order valence-electron chi connectivity index (χ1n) is 9.19. The fraction of sp³-hybridized carbons (Fsp3) is 0.333. The lowest BCUT2D eigenvalue weighted by Gasteiger charge is -2.28. The van der Waals surface area contributed by atoms with Crippen LogP contribution in [-0.2, 0) is 28.5 Å². The van der Waals surface area contributed by atoms with Gasteiger partial charge >= 0.3 is 17.9 Å². The quantitative estimate of drug-likeness (QED) is 0.524. The predicted molar refractivity (Wildman–Crippen MR) is 103 cm³/mol. The van der Waals surface area contributed by atoms with E-state index in [2.05, 4.69) is 4.74 Å². The van der Waals surface area contributed by atoms with E-state index in [1.165, 1.54) is 19.2 Å². The molecule has 0 saturated carbocycles. The largest absolute Gasteiger partial charge is 0.466 e. The van der Waals surface area contributed by atoms with E-state index in [1.54, 1.807) is 26.0 Å². The molecule has 0 unspecified atom stereocenters. The number of carbonyl (C=O) groups excluding carboxylic acids is 3. The van der Waals surface area contributed by atoms with E-state index >= 15 is 0 Å². The van der Waals surface area contributed by atoms with Crippen molar-refractivity contribution >= 4 is 17.9 Å². The van der Waals surface area contributed by atoms with Crippen molar-refractivity contribution in [2.24, 2.45) is 5.73 Å². The van der Waals surface area contributed by atoms with Crippen LogP contribution in [-0.4, -0.2) is 38.2 Å². The first-order valence-corrected chi connectivity index (χ1v) is 9.19. The Morgan fingerprint density at radius 2 is 1.73 bits per heavy atom. The lowest BCUT2D eigenvalue weighted by molar-refractivity contribution is -0.143. The number of nitrogens with two attached hydrogens (primary N) is 1. The van der Waals surface area contributed by atoms with Crippen molar-refractivity contribution in [1.82, 2.24) is 0 Å². The molecule has 1 heterocycles. The monoisotopic (exact) mass is 414 g/mol. The summed E-state index contributed by atoms with van der Waals surface area (Å²) in [6.07, 6.45) is -0.363. The fourth-order valence-electron chi connectivity index (χ4n) is 2.99. The Hall–Kier alpha value is -3.80. The molecule has 1 aliphatic heterocycles. The number of methoxy groups -OCH3 is 1. The van der Waals surface area contributed by atoms with Crippen LogP contribution in [0.1, 0.15) is 42.1 Å². The number of hydrogen-bond acceptors (Lipinski definition) is 9. The number of nitriles is 1. The van der Waals surface area contributed by atoms with Gasteiger partial charge < -0.3 is 24.7 Å². The maximum absolute atomic E-state index is 12.8. The number of allylic oxidation sites excluding steroid dienone is 1.